The summed E-state index contributed by atoms with van der Waals surface area (Å²) >= 11 is 0. The highest BCUT2D eigenvalue weighted by Crippen LogP contribution is 2.47. The van der Waals surface area contributed by atoms with E-state index in [1.807, 2.05) is 96.1 Å². The van der Waals surface area contributed by atoms with Crippen molar-refractivity contribution in [2.45, 2.75) is 101 Å². The molecule has 2 aromatic rings. The third-order valence-electron chi connectivity index (χ3n) is 9.95. The highest BCUT2D eigenvalue weighted by atomic mass is 32.2. The monoisotopic (exact) mass is 721 g/mol. The number of hydrogen-bond donors (Lipinski definition) is 4. The van der Waals surface area contributed by atoms with Crippen LogP contribution in [0.25, 0.3) is 11.1 Å². The molecule has 3 fully saturated rings. The van der Waals surface area contributed by atoms with Crippen LogP contribution in [0.3, 0.4) is 0 Å². The minimum atomic E-state index is -3.89. The first-order valence-electron chi connectivity index (χ1n) is 17.4. The van der Waals surface area contributed by atoms with Crippen LogP contribution >= 0.6 is 0 Å². The number of carbonyl (C=O) groups is 4. The van der Waals surface area contributed by atoms with Crippen molar-refractivity contribution in [3.63, 3.8) is 0 Å². The lowest BCUT2D eigenvalue weighted by Crippen LogP contribution is -2.61. The van der Waals surface area contributed by atoms with Gasteiger partial charge in [-0.15, -0.1) is 6.58 Å². The number of sulfonamides is 1. The van der Waals surface area contributed by atoms with E-state index in [4.69, 9.17) is 4.74 Å². The number of nitrogens with zero attached hydrogens (tertiary/aromatic N) is 1. The zero-order valence-electron chi connectivity index (χ0n) is 30.5. The Morgan fingerprint density at radius 1 is 0.941 bits per heavy atom. The van der Waals surface area contributed by atoms with Crippen LogP contribution in [-0.2, 0) is 34.7 Å². The van der Waals surface area contributed by atoms with E-state index in [1.165, 1.54) is 18.1 Å². The molecule has 12 nitrogen and oxygen atoms in total. The molecular weight excluding hydrogens is 671 g/mol. The molecule has 5 rings (SSSR count). The van der Waals surface area contributed by atoms with Crippen LogP contribution in [-0.4, -0.2) is 79.1 Å². The van der Waals surface area contributed by atoms with E-state index in [9.17, 15) is 27.6 Å². The second kappa shape index (κ2) is 13.7. The summed E-state index contributed by atoms with van der Waals surface area (Å²) in [5.74, 6) is -2.48. The standard InChI is InChI=1S/C38H51N5O7S/c1-9-26-21-38(26,33(46)42-51(48,49)28-19-20-28)40-31(44)29-22-37(50-8,27-17-15-25(16-18-27)24-13-11-10-12-14-24)23-43(29)32(45)30(35(2,3)4)39-34(47)41-36(5,6)7/h9-18,26,28-30H,1,19-23H2,2-8H3,(H,40,44)(H,42,46)(H2,39,41,47)/t26?,29-,30+,37-,38+/m0/s1. The van der Waals surface area contributed by atoms with Crippen molar-refractivity contribution in [1.82, 2.24) is 25.6 Å². The van der Waals surface area contributed by atoms with Gasteiger partial charge in [0.2, 0.25) is 21.8 Å². The molecule has 3 aliphatic rings. The summed E-state index contributed by atoms with van der Waals surface area (Å²) in [5.41, 5.74) is -1.28. The van der Waals surface area contributed by atoms with Crippen LogP contribution < -0.4 is 20.7 Å². The van der Waals surface area contributed by atoms with E-state index in [1.54, 1.807) is 0 Å². The normalized spacial score (nSPS) is 25.4. The third kappa shape index (κ3) is 8.14. The predicted molar refractivity (Wildman–Crippen MR) is 195 cm³/mol. The van der Waals surface area contributed by atoms with Crippen LogP contribution in [0.15, 0.2) is 67.3 Å². The van der Waals surface area contributed by atoms with Gasteiger partial charge in [-0.1, -0.05) is 81.4 Å². The maximum Gasteiger partial charge on any atom is 0.315 e. The Labute approximate surface area is 301 Å². The van der Waals surface area contributed by atoms with Gasteiger partial charge in [0.15, 0.2) is 0 Å². The molecule has 1 aliphatic heterocycles. The lowest BCUT2D eigenvalue weighted by Gasteiger charge is -2.36. The maximum atomic E-state index is 14.7. The Balaban J connectivity index is 1.50. The van der Waals surface area contributed by atoms with E-state index in [2.05, 4.69) is 27.3 Å². The van der Waals surface area contributed by atoms with Gasteiger partial charge in [-0.3, -0.25) is 19.1 Å². The van der Waals surface area contributed by atoms with Gasteiger partial charge >= 0.3 is 6.03 Å². The molecule has 5 atom stereocenters. The first-order valence-corrected chi connectivity index (χ1v) is 18.9. The molecule has 4 N–H and O–H groups in total. The van der Waals surface area contributed by atoms with Crippen molar-refractivity contribution in [1.29, 1.82) is 0 Å². The van der Waals surface area contributed by atoms with E-state index in [0.717, 1.165) is 16.7 Å². The second-order valence-electron chi connectivity index (χ2n) is 16.2. The smallest absolute Gasteiger partial charge is 0.315 e. The van der Waals surface area contributed by atoms with Crippen molar-refractivity contribution < 1.29 is 32.3 Å². The van der Waals surface area contributed by atoms with Gasteiger partial charge in [0.05, 0.1) is 11.8 Å². The van der Waals surface area contributed by atoms with E-state index in [-0.39, 0.29) is 19.4 Å². The number of hydrogen-bond acceptors (Lipinski definition) is 7. The molecule has 0 radical (unpaired) electrons. The van der Waals surface area contributed by atoms with E-state index >= 15 is 0 Å². The van der Waals surface area contributed by atoms with Crippen LogP contribution in [0.4, 0.5) is 4.79 Å². The highest BCUT2D eigenvalue weighted by Gasteiger charge is 2.62. The molecule has 51 heavy (non-hydrogen) atoms. The van der Waals surface area contributed by atoms with Gasteiger partial charge < -0.3 is 25.6 Å². The average molecular weight is 722 g/mol. The molecule has 13 heteroatoms. The Kier molecular flexibility index (Phi) is 10.2. The molecular formula is C38H51N5O7S. The third-order valence-corrected chi connectivity index (χ3v) is 11.8. The topological polar surface area (TPSA) is 163 Å². The molecule has 1 heterocycles. The number of benzene rings is 2. The number of methoxy groups -OCH3 is 1. The van der Waals surface area contributed by atoms with Crippen LogP contribution in [0.5, 0.6) is 0 Å². The number of urea groups is 1. The quantitative estimate of drug-likeness (QED) is 0.255. The number of ether oxygens (including phenoxy) is 1. The van der Waals surface area contributed by atoms with Crippen molar-refractivity contribution in [3.05, 3.63) is 72.8 Å². The van der Waals surface area contributed by atoms with Crippen molar-refractivity contribution in [2.75, 3.05) is 13.7 Å². The lowest BCUT2D eigenvalue weighted by atomic mass is 9.85. The summed E-state index contributed by atoms with van der Waals surface area (Å²) < 4.78 is 33.8. The zero-order chi connectivity index (χ0) is 37.6. The number of nitrogens with one attached hydrogen (secondary N) is 4. The van der Waals surface area contributed by atoms with Crippen LogP contribution in [0, 0.1) is 11.3 Å². The first-order chi connectivity index (χ1) is 23.7. The molecule has 1 unspecified atom stereocenters. The van der Waals surface area contributed by atoms with Gasteiger partial charge in [0.25, 0.3) is 5.91 Å². The maximum absolute atomic E-state index is 14.7. The first kappa shape index (κ1) is 38.0. The van der Waals surface area contributed by atoms with Crippen molar-refractivity contribution >= 4 is 33.8 Å². The second-order valence-corrected chi connectivity index (χ2v) is 18.1. The van der Waals surface area contributed by atoms with Gasteiger partial charge in [-0.25, -0.2) is 13.2 Å². The number of rotatable bonds is 11. The average Bonchev–Trinajstić information content (AvgIpc) is 3.99. The van der Waals surface area contributed by atoms with Crippen molar-refractivity contribution in [3.8, 4) is 11.1 Å². The lowest BCUT2D eigenvalue weighted by molar-refractivity contribution is -0.143. The van der Waals surface area contributed by atoms with Gasteiger partial charge in [-0.2, -0.15) is 0 Å². The Hall–Kier alpha value is -4.23. The summed E-state index contributed by atoms with van der Waals surface area (Å²) in [7, 11) is -2.37. The molecule has 0 spiro atoms. The fourth-order valence-electron chi connectivity index (χ4n) is 6.75. The number of amides is 5. The Bertz CT molecular complexity index is 1780. The number of likely N-dealkylation sites (tertiary alicyclic amines) is 1. The van der Waals surface area contributed by atoms with Gasteiger partial charge in [0, 0.05) is 25.0 Å². The molecule has 276 valence electrons. The highest BCUT2D eigenvalue weighted by molar-refractivity contribution is 7.91. The number of carbonyl (C=O) groups excluding carboxylic acids is 4. The molecule has 0 aromatic heterocycles. The minimum absolute atomic E-state index is 0.0274. The van der Waals surface area contributed by atoms with Crippen LogP contribution in [0.2, 0.25) is 0 Å². The van der Waals surface area contributed by atoms with E-state index in [0.29, 0.717) is 12.8 Å². The molecule has 1 saturated heterocycles. The van der Waals surface area contributed by atoms with E-state index < -0.39 is 79.1 Å². The molecule has 2 aliphatic carbocycles. The summed E-state index contributed by atoms with van der Waals surface area (Å²) in [6, 6.07) is 14.9. The fourth-order valence-corrected chi connectivity index (χ4v) is 8.12. The molecule has 2 aromatic carbocycles. The van der Waals surface area contributed by atoms with Crippen LogP contribution in [0.1, 0.15) is 72.8 Å². The molecule has 5 amide bonds. The minimum Gasteiger partial charge on any atom is -0.372 e. The molecule has 0 bridgehead atoms. The largest absolute Gasteiger partial charge is 0.372 e. The molecule has 2 saturated carbocycles. The fraction of sp³-hybridized carbons (Fsp3) is 0.526. The van der Waals surface area contributed by atoms with Gasteiger partial charge in [0.1, 0.15) is 23.2 Å². The SMILES string of the molecule is C=CC1C[C@]1(NC(=O)[C@@H]1C[C@@](OC)(c2ccc(-c3ccccc3)cc2)CN1C(=O)[C@@H](NC(=O)NC(C)(C)C)C(C)(C)C)C(=O)NS(=O)(=O)C1CC1. The zero-order valence-corrected chi connectivity index (χ0v) is 31.4. The Morgan fingerprint density at radius 2 is 1.55 bits per heavy atom. The summed E-state index contributed by atoms with van der Waals surface area (Å²) in [4.78, 5) is 57.1. The summed E-state index contributed by atoms with van der Waals surface area (Å²) in [6.07, 6.45) is 2.64. The Morgan fingerprint density at radius 3 is 2.06 bits per heavy atom. The van der Waals surface area contributed by atoms with Crippen molar-refractivity contribution in [2.24, 2.45) is 11.3 Å². The summed E-state index contributed by atoms with van der Waals surface area (Å²) in [6.45, 7) is 14.7. The predicted octanol–water partition coefficient (Wildman–Crippen LogP) is 3.98. The van der Waals surface area contributed by atoms with Gasteiger partial charge in [-0.05, 0) is 62.1 Å². The summed E-state index contributed by atoms with van der Waals surface area (Å²) in [5, 5.41) is 7.88.